The van der Waals surface area contributed by atoms with E-state index in [0.717, 1.165) is 22.3 Å². The summed E-state index contributed by atoms with van der Waals surface area (Å²) in [5.74, 6) is -1.47. The molecular weight excluding hydrogens is 432 g/mol. The lowest BCUT2D eigenvalue weighted by Crippen LogP contribution is -2.45. The largest absolute Gasteiger partial charge is 0.480 e. The summed E-state index contributed by atoms with van der Waals surface area (Å²) in [4.78, 5) is 37.9. The fourth-order valence-corrected chi connectivity index (χ4v) is 4.46. The number of aliphatic carboxylic acids is 1. The van der Waals surface area contributed by atoms with Crippen LogP contribution in [0, 0.1) is 5.41 Å². The highest BCUT2D eigenvalue weighted by molar-refractivity contribution is 5.84. The van der Waals surface area contributed by atoms with Crippen molar-refractivity contribution in [3.63, 3.8) is 0 Å². The quantitative estimate of drug-likeness (QED) is 0.590. The first-order valence-corrected chi connectivity index (χ1v) is 11.6. The summed E-state index contributed by atoms with van der Waals surface area (Å²) in [7, 11) is 1.46. The molecule has 0 heterocycles. The van der Waals surface area contributed by atoms with Gasteiger partial charge in [-0.2, -0.15) is 0 Å². The number of rotatable bonds is 8. The standard InChI is InChI=1S/C27H34N2O5/c1-17(25(31)32)29(5)24(30)14-18(15-27(2,3)4)28-26(33)34-16-23-21-12-8-6-10-19(21)20-11-7-9-13-22(20)23/h6-13,17-18,23H,14-16H2,1-5H3,(H,28,33)(H,31,32). The molecule has 0 aromatic heterocycles. The molecule has 2 atom stereocenters. The summed E-state index contributed by atoms with van der Waals surface area (Å²) in [6.07, 6.45) is -0.0498. The number of carboxylic acid groups (broad SMARTS) is 1. The lowest BCUT2D eigenvalue weighted by molar-refractivity contribution is -0.148. The number of carboxylic acids is 1. The van der Waals surface area contributed by atoms with Gasteiger partial charge in [-0.1, -0.05) is 69.3 Å². The van der Waals surface area contributed by atoms with E-state index in [1.807, 2.05) is 45.0 Å². The zero-order valence-corrected chi connectivity index (χ0v) is 20.5. The predicted molar refractivity (Wildman–Crippen MR) is 131 cm³/mol. The van der Waals surface area contributed by atoms with Crippen LogP contribution in [0.5, 0.6) is 0 Å². The fraction of sp³-hybridized carbons (Fsp3) is 0.444. The summed E-state index contributed by atoms with van der Waals surface area (Å²) >= 11 is 0. The van der Waals surface area contributed by atoms with E-state index in [1.165, 1.54) is 18.9 Å². The Morgan fingerprint density at radius 2 is 1.56 bits per heavy atom. The Balaban J connectivity index is 1.67. The van der Waals surface area contributed by atoms with Crippen molar-refractivity contribution in [1.82, 2.24) is 10.2 Å². The number of benzene rings is 2. The summed E-state index contributed by atoms with van der Waals surface area (Å²) in [6, 6.07) is 14.8. The Morgan fingerprint density at radius 1 is 1.03 bits per heavy atom. The first-order chi connectivity index (χ1) is 16.0. The third kappa shape index (κ3) is 5.95. The van der Waals surface area contributed by atoms with E-state index < -0.39 is 24.1 Å². The highest BCUT2D eigenvalue weighted by Gasteiger charge is 2.31. The van der Waals surface area contributed by atoms with E-state index >= 15 is 0 Å². The minimum atomic E-state index is -1.08. The molecule has 2 N–H and O–H groups in total. The number of hydrogen-bond donors (Lipinski definition) is 2. The van der Waals surface area contributed by atoms with Crippen molar-refractivity contribution in [3.8, 4) is 11.1 Å². The lowest BCUT2D eigenvalue weighted by atomic mass is 9.87. The zero-order valence-electron chi connectivity index (χ0n) is 20.5. The molecule has 182 valence electrons. The minimum Gasteiger partial charge on any atom is -0.480 e. The lowest BCUT2D eigenvalue weighted by Gasteiger charge is -2.29. The molecule has 7 heteroatoms. The van der Waals surface area contributed by atoms with Gasteiger partial charge < -0.3 is 20.1 Å². The SMILES string of the molecule is CC(C(=O)O)N(C)C(=O)CC(CC(C)(C)C)NC(=O)OCC1c2ccccc2-c2ccccc21. The Bertz CT molecular complexity index is 1010. The molecule has 0 saturated carbocycles. The van der Waals surface area contributed by atoms with Crippen LogP contribution < -0.4 is 5.32 Å². The number of carbonyl (C=O) groups excluding carboxylic acids is 2. The summed E-state index contributed by atoms with van der Waals surface area (Å²) in [5.41, 5.74) is 4.40. The van der Waals surface area contributed by atoms with Gasteiger partial charge in [-0.05, 0) is 41.0 Å². The summed E-state index contributed by atoms with van der Waals surface area (Å²) in [6.45, 7) is 7.71. The van der Waals surface area contributed by atoms with Gasteiger partial charge in [0.2, 0.25) is 5.91 Å². The molecule has 0 saturated heterocycles. The highest BCUT2D eigenvalue weighted by Crippen LogP contribution is 2.44. The second kappa shape index (κ2) is 10.3. The molecule has 2 aromatic rings. The Hall–Kier alpha value is -3.35. The number of alkyl carbamates (subject to hydrolysis) is 1. The number of fused-ring (bicyclic) bond motifs is 3. The van der Waals surface area contributed by atoms with E-state index in [1.54, 1.807) is 0 Å². The van der Waals surface area contributed by atoms with Gasteiger partial charge in [0, 0.05) is 25.4 Å². The van der Waals surface area contributed by atoms with Crippen LogP contribution in [0.25, 0.3) is 11.1 Å². The topological polar surface area (TPSA) is 95.9 Å². The van der Waals surface area contributed by atoms with Crippen LogP contribution in [-0.2, 0) is 14.3 Å². The van der Waals surface area contributed by atoms with Crippen LogP contribution in [-0.4, -0.2) is 53.7 Å². The monoisotopic (exact) mass is 466 g/mol. The van der Waals surface area contributed by atoms with Gasteiger partial charge in [0.15, 0.2) is 0 Å². The van der Waals surface area contributed by atoms with Crippen molar-refractivity contribution < 1.29 is 24.2 Å². The van der Waals surface area contributed by atoms with Crippen LogP contribution in [0.2, 0.25) is 0 Å². The van der Waals surface area contributed by atoms with Crippen LogP contribution in [0.3, 0.4) is 0 Å². The van der Waals surface area contributed by atoms with Crippen molar-refractivity contribution in [2.24, 2.45) is 5.41 Å². The van der Waals surface area contributed by atoms with E-state index in [0.29, 0.717) is 6.42 Å². The molecule has 1 aliphatic rings. The van der Waals surface area contributed by atoms with Gasteiger partial charge in [0.05, 0.1) is 0 Å². The fourth-order valence-electron chi connectivity index (χ4n) is 4.46. The number of nitrogens with zero attached hydrogens (tertiary/aromatic N) is 1. The van der Waals surface area contributed by atoms with Crippen LogP contribution in [0.4, 0.5) is 4.79 Å². The smallest absolute Gasteiger partial charge is 0.407 e. The van der Waals surface area contributed by atoms with Gasteiger partial charge in [0.1, 0.15) is 12.6 Å². The molecule has 2 unspecified atom stereocenters. The average Bonchev–Trinajstić information content (AvgIpc) is 3.09. The van der Waals surface area contributed by atoms with Crippen LogP contribution in [0.1, 0.15) is 57.6 Å². The van der Waals surface area contributed by atoms with Gasteiger partial charge in [-0.3, -0.25) is 4.79 Å². The van der Waals surface area contributed by atoms with E-state index in [2.05, 4.69) is 29.6 Å². The van der Waals surface area contributed by atoms with Gasteiger partial charge >= 0.3 is 12.1 Å². The summed E-state index contributed by atoms with van der Waals surface area (Å²) in [5, 5.41) is 12.0. The Morgan fingerprint density at radius 3 is 2.06 bits per heavy atom. The second-order valence-corrected chi connectivity index (χ2v) is 10.2. The molecule has 3 rings (SSSR count). The average molecular weight is 467 g/mol. The first-order valence-electron chi connectivity index (χ1n) is 11.6. The molecular formula is C27H34N2O5. The molecule has 0 spiro atoms. The third-order valence-corrected chi connectivity index (χ3v) is 6.28. The van der Waals surface area contributed by atoms with Gasteiger partial charge in [-0.25, -0.2) is 9.59 Å². The molecule has 1 aliphatic carbocycles. The van der Waals surface area contributed by atoms with E-state index in [-0.39, 0.29) is 30.3 Å². The van der Waals surface area contributed by atoms with E-state index in [4.69, 9.17) is 4.74 Å². The summed E-state index contributed by atoms with van der Waals surface area (Å²) < 4.78 is 5.64. The van der Waals surface area contributed by atoms with Crippen molar-refractivity contribution >= 4 is 18.0 Å². The number of nitrogens with one attached hydrogen (secondary N) is 1. The molecule has 0 radical (unpaired) electrons. The third-order valence-electron chi connectivity index (χ3n) is 6.28. The molecule has 34 heavy (non-hydrogen) atoms. The normalized spacial score (nSPS) is 14.5. The molecule has 2 amide bonds. The maximum Gasteiger partial charge on any atom is 0.407 e. The molecule has 0 fully saturated rings. The zero-order chi connectivity index (χ0) is 25.0. The Labute approximate surface area is 201 Å². The minimum absolute atomic E-state index is 0.00438. The van der Waals surface area contributed by atoms with Crippen molar-refractivity contribution in [1.29, 1.82) is 0 Å². The number of ether oxygens (including phenoxy) is 1. The molecule has 0 aliphatic heterocycles. The predicted octanol–water partition coefficient (Wildman–Crippen LogP) is 4.65. The molecule has 0 bridgehead atoms. The van der Waals surface area contributed by atoms with Gasteiger partial charge in [0.25, 0.3) is 0 Å². The second-order valence-electron chi connectivity index (χ2n) is 10.2. The first kappa shape index (κ1) is 25.3. The maximum absolute atomic E-state index is 12.8. The molecule has 2 aromatic carbocycles. The van der Waals surface area contributed by atoms with Crippen molar-refractivity contribution in [2.75, 3.05) is 13.7 Å². The van der Waals surface area contributed by atoms with Crippen molar-refractivity contribution in [2.45, 2.75) is 58.5 Å². The number of amides is 2. The highest BCUT2D eigenvalue weighted by atomic mass is 16.5. The number of carbonyl (C=O) groups is 3. The van der Waals surface area contributed by atoms with Crippen LogP contribution >= 0.6 is 0 Å². The van der Waals surface area contributed by atoms with Gasteiger partial charge in [-0.15, -0.1) is 0 Å². The van der Waals surface area contributed by atoms with E-state index in [9.17, 15) is 19.5 Å². The number of hydrogen-bond acceptors (Lipinski definition) is 4. The van der Waals surface area contributed by atoms with Crippen molar-refractivity contribution in [3.05, 3.63) is 59.7 Å². The maximum atomic E-state index is 12.8. The number of likely N-dealkylation sites (N-methyl/N-ethyl adjacent to an activating group) is 1. The molecule has 7 nitrogen and oxygen atoms in total. The van der Waals surface area contributed by atoms with Crippen LogP contribution in [0.15, 0.2) is 48.5 Å². The Kier molecular flexibility index (Phi) is 7.64.